The predicted octanol–water partition coefficient (Wildman–Crippen LogP) is 2.91. The highest BCUT2D eigenvalue weighted by molar-refractivity contribution is 5.14. The Labute approximate surface area is 154 Å². The number of methoxy groups -OCH3 is 1. The van der Waals surface area contributed by atoms with Crippen LogP contribution in [0.15, 0.2) is 60.7 Å². The molecule has 1 N–H and O–H groups in total. The summed E-state index contributed by atoms with van der Waals surface area (Å²) in [5, 5.41) is 10.6. The maximum atomic E-state index is 10.6. The van der Waals surface area contributed by atoms with Crippen LogP contribution < -0.4 is 0 Å². The highest BCUT2D eigenvalue weighted by Gasteiger charge is 2.38. The fourth-order valence-electron chi connectivity index (χ4n) is 3.00. The lowest BCUT2D eigenvalue weighted by Crippen LogP contribution is -2.51. The van der Waals surface area contributed by atoms with Crippen LogP contribution >= 0.6 is 0 Å². The van der Waals surface area contributed by atoms with Gasteiger partial charge in [-0.3, -0.25) is 0 Å². The summed E-state index contributed by atoms with van der Waals surface area (Å²) in [6, 6.07) is 19.8. The number of rotatable bonds is 8. The summed E-state index contributed by atoms with van der Waals surface area (Å²) in [7, 11) is 1.60. The largest absolute Gasteiger partial charge is 0.388 e. The van der Waals surface area contributed by atoms with E-state index in [0.29, 0.717) is 19.6 Å². The maximum absolute atomic E-state index is 10.6. The van der Waals surface area contributed by atoms with Gasteiger partial charge < -0.3 is 24.1 Å². The average molecular weight is 358 g/mol. The molecule has 1 unspecified atom stereocenters. The van der Waals surface area contributed by atoms with E-state index in [1.165, 1.54) is 0 Å². The van der Waals surface area contributed by atoms with Crippen LogP contribution in [0.3, 0.4) is 0 Å². The Hall–Kier alpha value is -1.76. The van der Waals surface area contributed by atoms with Gasteiger partial charge in [-0.2, -0.15) is 0 Å². The molecule has 26 heavy (non-hydrogen) atoms. The molecule has 2 aromatic carbocycles. The van der Waals surface area contributed by atoms with E-state index in [-0.39, 0.29) is 12.7 Å². The molecule has 1 fully saturated rings. The van der Waals surface area contributed by atoms with E-state index in [1.54, 1.807) is 7.11 Å². The lowest BCUT2D eigenvalue weighted by molar-refractivity contribution is -0.261. The third-order valence-electron chi connectivity index (χ3n) is 4.48. The summed E-state index contributed by atoms with van der Waals surface area (Å²) in [6.45, 7) is 1.19. The van der Waals surface area contributed by atoms with Crippen LogP contribution in [0.2, 0.25) is 0 Å². The first-order valence-corrected chi connectivity index (χ1v) is 8.90. The Morgan fingerprint density at radius 1 is 0.962 bits per heavy atom. The lowest BCUT2D eigenvalue weighted by Gasteiger charge is -2.38. The SMILES string of the molecule is CO[C@@H]1CC(OCc2ccccc2)[C@H](O)[C@@H](COCc2ccccc2)O1. The predicted molar refractivity (Wildman–Crippen MR) is 97.4 cm³/mol. The fourth-order valence-corrected chi connectivity index (χ4v) is 3.00. The zero-order valence-electron chi connectivity index (χ0n) is 15.0. The van der Waals surface area contributed by atoms with Crippen LogP contribution in [0.4, 0.5) is 0 Å². The monoisotopic (exact) mass is 358 g/mol. The Morgan fingerprint density at radius 3 is 2.19 bits per heavy atom. The van der Waals surface area contributed by atoms with E-state index in [1.807, 2.05) is 60.7 Å². The summed E-state index contributed by atoms with van der Waals surface area (Å²) in [5.74, 6) is 0. The molecule has 1 aliphatic heterocycles. The molecule has 0 bridgehead atoms. The van der Waals surface area contributed by atoms with Crippen LogP contribution in [0, 0.1) is 0 Å². The van der Waals surface area contributed by atoms with Crippen molar-refractivity contribution in [1.29, 1.82) is 0 Å². The molecular formula is C21H26O5. The average Bonchev–Trinajstić information content (AvgIpc) is 2.70. The molecule has 1 heterocycles. The number of aliphatic hydroxyl groups excluding tert-OH is 1. The molecule has 4 atom stereocenters. The lowest BCUT2D eigenvalue weighted by atomic mass is 10.0. The smallest absolute Gasteiger partial charge is 0.160 e. The van der Waals surface area contributed by atoms with E-state index in [0.717, 1.165) is 11.1 Å². The van der Waals surface area contributed by atoms with Crippen molar-refractivity contribution in [1.82, 2.24) is 0 Å². The standard InChI is InChI=1S/C21H26O5/c1-23-20-12-18(25-14-17-10-6-3-7-11-17)21(22)19(26-20)15-24-13-16-8-4-2-5-9-16/h2-11,18-22H,12-15H2,1H3/t18?,19-,20+,21+/m1/s1. The van der Waals surface area contributed by atoms with E-state index in [4.69, 9.17) is 18.9 Å². The van der Waals surface area contributed by atoms with Crippen LogP contribution in [-0.4, -0.2) is 43.4 Å². The number of hydrogen-bond acceptors (Lipinski definition) is 5. The first-order chi connectivity index (χ1) is 12.8. The van der Waals surface area contributed by atoms with Crippen molar-refractivity contribution >= 4 is 0 Å². The van der Waals surface area contributed by atoms with Crippen molar-refractivity contribution in [3.63, 3.8) is 0 Å². The third kappa shape index (κ3) is 5.37. The molecule has 0 saturated carbocycles. The number of hydrogen-bond donors (Lipinski definition) is 1. The molecule has 5 nitrogen and oxygen atoms in total. The Kier molecular flexibility index (Phi) is 7.17. The number of benzene rings is 2. The van der Waals surface area contributed by atoms with Gasteiger partial charge >= 0.3 is 0 Å². The molecular weight excluding hydrogens is 332 g/mol. The van der Waals surface area contributed by atoms with Gasteiger partial charge in [-0.25, -0.2) is 0 Å². The van der Waals surface area contributed by atoms with Gasteiger partial charge in [-0.1, -0.05) is 60.7 Å². The van der Waals surface area contributed by atoms with Crippen molar-refractivity contribution in [3.8, 4) is 0 Å². The zero-order chi connectivity index (χ0) is 18.2. The Morgan fingerprint density at radius 2 is 1.58 bits per heavy atom. The van der Waals surface area contributed by atoms with Gasteiger partial charge in [0.25, 0.3) is 0 Å². The summed E-state index contributed by atoms with van der Waals surface area (Å²) in [5.41, 5.74) is 2.15. The van der Waals surface area contributed by atoms with Gasteiger partial charge in [-0.05, 0) is 11.1 Å². The fraction of sp³-hybridized carbons (Fsp3) is 0.429. The highest BCUT2D eigenvalue weighted by atomic mass is 16.7. The minimum Gasteiger partial charge on any atom is -0.388 e. The molecule has 1 aliphatic rings. The van der Waals surface area contributed by atoms with Crippen LogP contribution in [0.1, 0.15) is 17.5 Å². The molecule has 0 spiro atoms. The quantitative estimate of drug-likeness (QED) is 0.786. The first kappa shape index (κ1) is 19.0. The van der Waals surface area contributed by atoms with Crippen molar-refractivity contribution in [3.05, 3.63) is 71.8 Å². The van der Waals surface area contributed by atoms with E-state index >= 15 is 0 Å². The molecule has 3 rings (SSSR count). The number of ether oxygens (including phenoxy) is 4. The van der Waals surface area contributed by atoms with Crippen molar-refractivity contribution in [2.75, 3.05) is 13.7 Å². The van der Waals surface area contributed by atoms with Gasteiger partial charge in [-0.15, -0.1) is 0 Å². The summed E-state index contributed by atoms with van der Waals surface area (Å²) in [6.07, 6.45) is -1.54. The molecule has 0 radical (unpaired) electrons. The second-order valence-corrected chi connectivity index (χ2v) is 6.40. The van der Waals surface area contributed by atoms with Crippen molar-refractivity contribution in [2.24, 2.45) is 0 Å². The first-order valence-electron chi connectivity index (χ1n) is 8.90. The molecule has 5 heteroatoms. The molecule has 1 saturated heterocycles. The summed E-state index contributed by atoms with van der Waals surface area (Å²) < 4.78 is 22.8. The van der Waals surface area contributed by atoms with E-state index in [2.05, 4.69) is 0 Å². The maximum Gasteiger partial charge on any atom is 0.160 e. The summed E-state index contributed by atoms with van der Waals surface area (Å²) in [4.78, 5) is 0. The topological polar surface area (TPSA) is 57.2 Å². The minimum atomic E-state index is -0.763. The minimum absolute atomic E-state index is 0.279. The number of aliphatic hydroxyl groups is 1. The third-order valence-corrected chi connectivity index (χ3v) is 4.48. The van der Waals surface area contributed by atoms with Gasteiger partial charge in [0.1, 0.15) is 12.2 Å². The van der Waals surface area contributed by atoms with Crippen molar-refractivity contribution in [2.45, 2.75) is 44.2 Å². The Bertz CT molecular complexity index is 633. The second-order valence-electron chi connectivity index (χ2n) is 6.40. The normalized spacial score (nSPS) is 25.9. The highest BCUT2D eigenvalue weighted by Crippen LogP contribution is 2.25. The van der Waals surface area contributed by atoms with Gasteiger partial charge in [0, 0.05) is 13.5 Å². The molecule has 0 amide bonds. The van der Waals surface area contributed by atoms with Gasteiger partial charge in [0.2, 0.25) is 0 Å². The van der Waals surface area contributed by atoms with E-state index < -0.39 is 18.5 Å². The van der Waals surface area contributed by atoms with E-state index in [9.17, 15) is 5.11 Å². The molecule has 2 aromatic rings. The molecule has 0 aliphatic carbocycles. The van der Waals surface area contributed by atoms with Crippen LogP contribution in [0.25, 0.3) is 0 Å². The molecule has 140 valence electrons. The van der Waals surface area contributed by atoms with Gasteiger partial charge in [0.15, 0.2) is 6.29 Å². The molecule has 0 aromatic heterocycles. The van der Waals surface area contributed by atoms with Crippen LogP contribution in [0.5, 0.6) is 0 Å². The Balaban J connectivity index is 1.53. The van der Waals surface area contributed by atoms with Crippen LogP contribution in [-0.2, 0) is 32.2 Å². The van der Waals surface area contributed by atoms with Crippen molar-refractivity contribution < 1.29 is 24.1 Å². The second kappa shape index (κ2) is 9.80. The zero-order valence-corrected chi connectivity index (χ0v) is 15.0. The summed E-state index contributed by atoms with van der Waals surface area (Å²) >= 11 is 0. The van der Waals surface area contributed by atoms with Gasteiger partial charge in [0.05, 0.1) is 25.9 Å².